The molecule has 1 aliphatic rings. The SMILES string of the molecule is OC(C1=CCCCC1)c1cc(Br)ccc1F. The van der Waals surface area contributed by atoms with E-state index in [9.17, 15) is 9.50 Å². The molecular weight excluding hydrogens is 271 g/mol. The highest BCUT2D eigenvalue weighted by Crippen LogP contribution is 2.32. The predicted octanol–water partition coefficient (Wildman–Crippen LogP) is 4.12. The van der Waals surface area contributed by atoms with Gasteiger partial charge < -0.3 is 5.11 Å². The van der Waals surface area contributed by atoms with E-state index in [1.807, 2.05) is 6.08 Å². The Bertz CT molecular complexity index is 414. The van der Waals surface area contributed by atoms with Gasteiger partial charge in [0.1, 0.15) is 11.9 Å². The summed E-state index contributed by atoms with van der Waals surface area (Å²) in [7, 11) is 0. The Morgan fingerprint density at radius 3 is 2.81 bits per heavy atom. The van der Waals surface area contributed by atoms with Crippen LogP contribution in [0.2, 0.25) is 0 Å². The van der Waals surface area contributed by atoms with Crippen LogP contribution in [-0.2, 0) is 0 Å². The second kappa shape index (κ2) is 5.11. The maximum absolute atomic E-state index is 13.6. The van der Waals surface area contributed by atoms with E-state index >= 15 is 0 Å². The summed E-state index contributed by atoms with van der Waals surface area (Å²) >= 11 is 3.29. The summed E-state index contributed by atoms with van der Waals surface area (Å²) in [5, 5.41) is 10.1. The topological polar surface area (TPSA) is 20.2 Å². The molecule has 1 aliphatic carbocycles. The van der Waals surface area contributed by atoms with E-state index in [0.29, 0.717) is 5.56 Å². The van der Waals surface area contributed by atoms with Gasteiger partial charge in [0.25, 0.3) is 0 Å². The van der Waals surface area contributed by atoms with Crippen molar-refractivity contribution in [3.8, 4) is 0 Å². The van der Waals surface area contributed by atoms with Crippen molar-refractivity contribution in [2.45, 2.75) is 31.8 Å². The quantitative estimate of drug-likeness (QED) is 0.810. The normalized spacial score (nSPS) is 18.1. The molecule has 2 rings (SSSR count). The van der Waals surface area contributed by atoms with Crippen LogP contribution in [0.3, 0.4) is 0 Å². The van der Waals surface area contributed by atoms with Gasteiger partial charge in [0.05, 0.1) is 0 Å². The number of hydrogen-bond donors (Lipinski definition) is 1. The Morgan fingerprint density at radius 2 is 2.12 bits per heavy atom. The third-order valence-corrected chi connectivity index (χ3v) is 3.42. The zero-order chi connectivity index (χ0) is 11.5. The van der Waals surface area contributed by atoms with Gasteiger partial charge in [-0.15, -0.1) is 0 Å². The highest BCUT2D eigenvalue weighted by molar-refractivity contribution is 9.10. The first-order valence-electron chi connectivity index (χ1n) is 5.50. The summed E-state index contributed by atoms with van der Waals surface area (Å²) in [6, 6.07) is 4.67. The molecule has 1 atom stereocenters. The summed E-state index contributed by atoms with van der Waals surface area (Å²) in [6.07, 6.45) is 5.34. The molecule has 0 amide bonds. The predicted molar refractivity (Wildman–Crippen MR) is 65.6 cm³/mol. The number of allylic oxidation sites excluding steroid dienone is 1. The fourth-order valence-electron chi connectivity index (χ4n) is 2.04. The lowest BCUT2D eigenvalue weighted by molar-refractivity contribution is 0.203. The molecule has 0 bridgehead atoms. The fourth-order valence-corrected chi connectivity index (χ4v) is 2.41. The van der Waals surface area contributed by atoms with E-state index in [0.717, 1.165) is 35.7 Å². The number of hydrogen-bond acceptors (Lipinski definition) is 1. The van der Waals surface area contributed by atoms with E-state index in [-0.39, 0.29) is 5.82 Å². The van der Waals surface area contributed by atoms with Crippen molar-refractivity contribution in [2.75, 3.05) is 0 Å². The molecule has 1 aromatic carbocycles. The van der Waals surface area contributed by atoms with Crippen LogP contribution in [0.5, 0.6) is 0 Å². The Hall–Kier alpha value is -0.670. The molecular formula is C13H14BrFO. The third-order valence-electron chi connectivity index (χ3n) is 2.93. The van der Waals surface area contributed by atoms with E-state index < -0.39 is 6.10 Å². The average molecular weight is 285 g/mol. The smallest absolute Gasteiger partial charge is 0.129 e. The van der Waals surface area contributed by atoms with Gasteiger partial charge in [-0.1, -0.05) is 22.0 Å². The minimum atomic E-state index is -0.794. The highest BCUT2D eigenvalue weighted by Gasteiger charge is 2.18. The van der Waals surface area contributed by atoms with Crippen molar-refractivity contribution in [1.82, 2.24) is 0 Å². The molecule has 0 fully saturated rings. The number of benzene rings is 1. The number of halogens is 2. The third kappa shape index (κ3) is 2.53. The van der Waals surface area contributed by atoms with Gasteiger partial charge in [-0.2, -0.15) is 0 Å². The molecule has 0 aliphatic heterocycles. The summed E-state index contributed by atoms with van der Waals surface area (Å²) in [4.78, 5) is 0. The van der Waals surface area contributed by atoms with Gasteiger partial charge >= 0.3 is 0 Å². The standard InChI is InChI=1S/C13H14BrFO/c14-10-6-7-12(15)11(8-10)13(16)9-4-2-1-3-5-9/h4,6-8,13,16H,1-3,5H2. The van der Waals surface area contributed by atoms with Crippen molar-refractivity contribution < 1.29 is 9.50 Å². The zero-order valence-corrected chi connectivity index (χ0v) is 10.5. The van der Waals surface area contributed by atoms with Crippen molar-refractivity contribution >= 4 is 15.9 Å². The molecule has 0 saturated carbocycles. The van der Waals surface area contributed by atoms with Crippen LogP contribution in [0.25, 0.3) is 0 Å². The van der Waals surface area contributed by atoms with Crippen LogP contribution in [0.1, 0.15) is 37.4 Å². The molecule has 86 valence electrons. The number of rotatable bonds is 2. The molecule has 16 heavy (non-hydrogen) atoms. The Morgan fingerprint density at radius 1 is 1.31 bits per heavy atom. The first-order chi connectivity index (χ1) is 7.68. The first-order valence-corrected chi connectivity index (χ1v) is 6.30. The maximum atomic E-state index is 13.6. The second-order valence-corrected chi connectivity index (χ2v) is 5.01. The molecule has 0 radical (unpaired) electrons. The Kier molecular flexibility index (Phi) is 3.77. The molecule has 0 heterocycles. The average Bonchev–Trinajstić information content (AvgIpc) is 2.32. The van der Waals surface area contributed by atoms with E-state index in [4.69, 9.17) is 0 Å². The van der Waals surface area contributed by atoms with Crippen molar-refractivity contribution in [3.05, 3.63) is 45.7 Å². The van der Waals surface area contributed by atoms with E-state index in [1.165, 1.54) is 6.07 Å². The molecule has 1 aromatic rings. The van der Waals surface area contributed by atoms with Crippen molar-refractivity contribution in [1.29, 1.82) is 0 Å². The lowest BCUT2D eigenvalue weighted by Gasteiger charge is -2.19. The maximum Gasteiger partial charge on any atom is 0.129 e. The van der Waals surface area contributed by atoms with Gasteiger partial charge in [-0.05, 0) is 49.5 Å². The number of aliphatic hydroxyl groups excluding tert-OH is 1. The van der Waals surface area contributed by atoms with Crippen molar-refractivity contribution in [3.63, 3.8) is 0 Å². The minimum Gasteiger partial charge on any atom is -0.384 e. The fraction of sp³-hybridized carbons (Fsp3) is 0.385. The Balaban J connectivity index is 2.29. The van der Waals surface area contributed by atoms with E-state index in [2.05, 4.69) is 15.9 Å². The second-order valence-electron chi connectivity index (χ2n) is 4.09. The minimum absolute atomic E-state index is 0.345. The van der Waals surface area contributed by atoms with Crippen molar-refractivity contribution in [2.24, 2.45) is 0 Å². The van der Waals surface area contributed by atoms with E-state index in [1.54, 1.807) is 12.1 Å². The largest absolute Gasteiger partial charge is 0.384 e. The van der Waals surface area contributed by atoms with Crippen LogP contribution in [-0.4, -0.2) is 5.11 Å². The molecule has 3 heteroatoms. The monoisotopic (exact) mass is 284 g/mol. The van der Waals surface area contributed by atoms with Gasteiger partial charge in [0.15, 0.2) is 0 Å². The van der Waals surface area contributed by atoms with Gasteiger partial charge in [0, 0.05) is 10.0 Å². The molecule has 0 aromatic heterocycles. The number of aliphatic hydroxyl groups is 1. The summed E-state index contributed by atoms with van der Waals surface area (Å²) in [5.41, 5.74) is 1.31. The molecule has 1 unspecified atom stereocenters. The molecule has 1 N–H and O–H groups in total. The van der Waals surface area contributed by atoms with Gasteiger partial charge in [-0.3, -0.25) is 0 Å². The first kappa shape index (κ1) is 11.8. The van der Waals surface area contributed by atoms with Crippen LogP contribution in [0.4, 0.5) is 4.39 Å². The zero-order valence-electron chi connectivity index (χ0n) is 8.92. The van der Waals surface area contributed by atoms with Crippen LogP contribution < -0.4 is 0 Å². The lowest BCUT2D eigenvalue weighted by Crippen LogP contribution is -2.06. The van der Waals surface area contributed by atoms with Crippen LogP contribution >= 0.6 is 15.9 Å². The molecule has 0 saturated heterocycles. The molecule has 0 spiro atoms. The van der Waals surface area contributed by atoms with Gasteiger partial charge in [-0.25, -0.2) is 4.39 Å². The highest BCUT2D eigenvalue weighted by atomic mass is 79.9. The lowest BCUT2D eigenvalue weighted by atomic mass is 9.91. The van der Waals surface area contributed by atoms with Crippen LogP contribution in [0.15, 0.2) is 34.3 Å². The summed E-state index contributed by atoms with van der Waals surface area (Å²) in [6.45, 7) is 0. The summed E-state index contributed by atoms with van der Waals surface area (Å²) < 4.78 is 14.4. The van der Waals surface area contributed by atoms with Crippen LogP contribution in [0, 0.1) is 5.82 Å². The Labute approximate surface area is 103 Å². The molecule has 1 nitrogen and oxygen atoms in total. The van der Waals surface area contributed by atoms with Gasteiger partial charge in [0.2, 0.25) is 0 Å². The summed E-state index contributed by atoms with van der Waals surface area (Å²) in [5.74, 6) is -0.345.